The number of unbranched alkanes of at least 4 members (excludes halogenated alkanes) is 3. The van der Waals surface area contributed by atoms with Crippen LogP contribution < -0.4 is 35.7 Å². The first-order valence-electron chi connectivity index (χ1n) is 19.2. The van der Waals surface area contributed by atoms with Crippen LogP contribution in [0.4, 0.5) is 15.3 Å². The molecular formula is C42H59ClN4O9. The van der Waals surface area contributed by atoms with Gasteiger partial charge in [-0.25, -0.2) is 9.59 Å². The third-order valence-electron chi connectivity index (χ3n) is 8.01. The zero-order valence-corrected chi connectivity index (χ0v) is 35.0. The van der Waals surface area contributed by atoms with Gasteiger partial charge >= 0.3 is 18.1 Å². The number of carbonyl (C=O) groups is 3. The molecule has 0 aliphatic heterocycles. The maximum atomic E-state index is 14.2. The summed E-state index contributed by atoms with van der Waals surface area (Å²) in [7, 11) is 0. The van der Waals surface area contributed by atoms with Gasteiger partial charge in [-0.05, 0) is 105 Å². The highest BCUT2D eigenvalue weighted by Gasteiger charge is 2.26. The van der Waals surface area contributed by atoms with Gasteiger partial charge < -0.3 is 44.2 Å². The van der Waals surface area contributed by atoms with Crippen LogP contribution in [0.2, 0.25) is 5.02 Å². The number of aromatic nitrogens is 1. The van der Waals surface area contributed by atoms with Crippen LogP contribution in [0.5, 0.6) is 17.2 Å². The van der Waals surface area contributed by atoms with Crippen molar-refractivity contribution in [3.63, 3.8) is 0 Å². The van der Waals surface area contributed by atoms with Gasteiger partial charge in [-0.15, -0.1) is 0 Å². The number of pyridine rings is 1. The Morgan fingerprint density at radius 2 is 1.54 bits per heavy atom. The molecule has 0 fully saturated rings. The summed E-state index contributed by atoms with van der Waals surface area (Å²) in [6, 6.07) is 10.8. The van der Waals surface area contributed by atoms with Crippen molar-refractivity contribution in [2.75, 3.05) is 31.7 Å². The molecule has 0 aliphatic rings. The van der Waals surface area contributed by atoms with E-state index in [0.717, 1.165) is 19.3 Å². The number of anilines is 1. The molecule has 14 heteroatoms. The number of halogens is 1. The number of nitrogens with one attached hydrogen (secondary N) is 3. The average Bonchev–Trinajstić information content (AvgIpc) is 3.09. The Hall–Kier alpha value is -4.91. The fourth-order valence-corrected chi connectivity index (χ4v) is 5.94. The van der Waals surface area contributed by atoms with Crippen LogP contribution in [0.25, 0.3) is 0 Å². The lowest BCUT2D eigenvalue weighted by Gasteiger charge is -2.24. The molecule has 308 valence electrons. The first-order valence-corrected chi connectivity index (χ1v) is 19.5. The van der Waals surface area contributed by atoms with Crippen molar-refractivity contribution in [3.8, 4) is 17.2 Å². The highest BCUT2D eigenvalue weighted by atomic mass is 35.5. The number of hydrogen-bond acceptors (Lipinski definition) is 9. The fraction of sp³-hybridized carbons (Fsp3) is 0.524. The number of benzene rings is 2. The van der Waals surface area contributed by atoms with Gasteiger partial charge in [0.05, 0.1) is 38.8 Å². The highest BCUT2D eigenvalue weighted by molar-refractivity contribution is 6.31. The zero-order valence-electron chi connectivity index (χ0n) is 34.3. The van der Waals surface area contributed by atoms with E-state index in [0.29, 0.717) is 59.4 Å². The summed E-state index contributed by atoms with van der Waals surface area (Å²) in [5.41, 5.74) is -0.0930. The number of carbonyl (C=O) groups excluding carboxylic acids is 3. The third-order valence-corrected chi connectivity index (χ3v) is 8.36. The summed E-state index contributed by atoms with van der Waals surface area (Å²) < 4.78 is 30.0. The van der Waals surface area contributed by atoms with Gasteiger partial charge in [0.1, 0.15) is 22.7 Å². The van der Waals surface area contributed by atoms with E-state index in [1.165, 1.54) is 4.57 Å². The van der Waals surface area contributed by atoms with Crippen LogP contribution in [-0.2, 0) is 20.8 Å². The van der Waals surface area contributed by atoms with Crippen molar-refractivity contribution in [1.29, 1.82) is 0 Å². The maximum absolute atomic E-state index is 14.2. The Balaban J connectivity index is 1.87. The molecule has 0 aliphatic carbocycles. The molecule has 13 nitrogen and oxygen atoms in total. The van der Waals surface area contributed by atoms with Gasteiger partial charge in [-0.1, -0.05) is 42.6 Å². The molecule has 3 N–H and O–H groups in total. The van der Waals surface area contributed by atoms with Gasteiger partial charge in [-0.2, -0.15) is 0 Å². The van der Waals surface area contributed by atoms with E-state index in [-0.39, 0.29) is 31.0 Å². The summed E-state index contributed by atoms with van der Waals surface area (Å²) in [5, 5.41) is 8.81. The SMILES string of the molecule is CCOc1cccc([C@H](CC(=O)OC(C)(C)C)NC(=O)Nc2c(OCCCCCCNC(=O)OC(C)(C)C)c(C)cn(Cc3c(Cl)cccc3OCC)c2=O)c1. The number of urea groups is 1. The van der Waals surface area contributed by atoms with Crippen LogP contribution in [0.3, 0.4) is 0 Å². The molecule has 1 atom stereocenters. The van der Waals surface area contributed by atoms with Gasteiger partial charge in [0.25, 0.3) is 5.56 Å². The zero-order chi connectivity index (χ0) is 41.5. The Bertz CT molecular complexity index is 1830. The molecule has 0 unspecified atom stereocenters. The molecule has 0 saturated carbocycles. The van der Waals surface area contributed by atoms with Gasteiger partial charge in [0.2, 0.25) is 0 Å². The molecule has 3 rings (SSSR count). The molecule has 3 aromatic rings. The lowest BCUT2D eigenvalue weighted by Crippen LogP contribution is -2.37. The number of esters is 1. The summed E-state index contributed by atoms with van der Waals surface area (Å²) >= 11 is 6.59. The van der Waals surface area contributed by atoms with E-state index in [1.807, 2.05) is 34.6 Å². The molecule has 0 saturated heterocycles. The summed E-state index contributed by atoms with van der Waals surface area (Å²) in [6.45, 7) is 17.9. The Kier molecular flexibility index (Phi) is 17.4. The van der Waals surface area contributed by atoms with Crippen molar-refractivity contribution in [1.82, 2.24) is 15.2 Å². The lowest BCUT2D eigenvalue weighted by molar-refractivity contribution is -0.155. The number of amides is 3. The van der Waals surface area contributed by atoms with Crippen molar-refractivity contribution >= 4 is 35.4 Å². The van der Waals surface area contributed by atoms with Crippen LogP contribution in [0, 0.1) is 6.92 Å². The lowest BCUT2D eigenvalue weighted by atomic mass is 10.0. The van der Waals surface area contributed by atoms with E-state index in [4.69, 9.17) is 35.3 Å². The molecule has 0 bridgehead atoms. The highest BCUT2D eigenvalue weighted by Crippen LogP contribution is 2.31. The Labute approximate surface area is 335 Å². The predicted octanol–water partition coefficient (Wildman–Crippen LogP) is 8.71. The average molecular weight is 799 g/mol. The molecular weight excluding hydrogens is 740 g/mol. The number of hydrogen-bond donors (Lipinski definition) is 3. The molecule has 2 aromatic carbocycles. The second kappa shape index (κ2) is 21.4. The number of aryl methyl sites for hydroxylation is 1. The van der Waals surface area contributed by atoms with E-state index in [2.05, 4.69) is 16.0 Å². The van der Waals surface area contributed by atoms with E-state index >= 15 is 0 Å². The van der Waals surface area contributed by atoms with E-state index < -0.39 is 40.9 Å². The Morgan fingerprint density at radius 1 is 0.857 bits per heavy atom. The minimum atomic E-state index is -0.830. The largest absolute Gasteiger partial charge is 0.494 e. The second-order valence-electron chi connectivity index (χ2n) is 15.2. The number of alkyl carbamates (subject to hydrolysis) is 1. The Morgan fingerprint density at radius 3 is 2.21 bits per heavy atom. The third kappa shape index (κ3) is 15.3. The minimum Gasteiger partial charge on any atom is -0.494 e. The first kappa shape index (κ1) is 45.5. The smallest absolute Gasteiger partial charge is 0.407 e. The first-order chi connectivity index (χ1) is 26.4. The van der Waals surface area contributed by atoms with E-state index in [1.54, 1.807) is 76.4 Å². The van der Waals surface area contributed by atoms with Crippen LogP contribution in [0.15, 0.2) is 53.5 Å². The standard InChI is InChI=1S/C42H59ClN4O9/c1-10-52-30-19-16-18-29(24-30)33(25-35(48)55-41(4,5)6)45-39(50)46-36-37(54-23-15-13-12-14-22-44-40(51)56-42(7,8)9)28(3)26-47(38(36)49)27-31-32(43)20-17-21-34(31)53-11-2/h16-21,24,26,33H,10-15,22-23,25,27H2,1-9H3,(H,44,51)(H2,45,46,50)/t33-/m0/s1. The summed E-state index contributed by atoms with van der Waals surface area (Å²) in [6.07, 6.45) is 4.08. The van der Waals surface area contributed by atoms with Gasteiger partial charge in [0, 0.05) is 28.9 Å². The maximum Gasteiger partial charge on any atom is 0.407 e. The van der Waals surface area contributed by atoms with Crippen LogP contribution >= 0.6 is 11.6 Å². The molecule has 0 radical (unpaired) electrons. The van der Waals surface area contributed by atoms with Crippen molar-refractivity contribution in [3.05, 3.63) is 80.7 Å². The monoisotopic (exact) mass is 798 g/mol. The molecule has 56 heavy (non-hydrogen) atoms. The fourth-order valence-electron chi connectivity index (χ4n) is 5.71. The van der Waals surface area contributed by atoms with Crippen molar-refractivity contribution < 1.29 is 38.1 Å². The van der Waals surface area contributed by atoms with Crippen LogP contribution in [-0.4, -0.2) is 60.2 Å². The number of rotatable bonds is 19. The summed E-state index contributed by atoms with van der Waals surface area (Å²) in [4.78, 5) is 53.1. The van der Waals surface area contributed by atoms with E-state index in [9.17, 15) is 19.2 Å². The molecule has 1 aromatic heterocycles. The van der Waals surface area contributed by atoms with Crippen LogP contribution in [0.1, 0.15) is 110 Å². The number of ether oxygens (including phenoxy) is 5. The molecule has 0 spiro atoms. The minimum absolute atomic E-state index is 0.0636. The van der Waals surface area contributed by atoms with Gasteiger partial charge in [0.15, 0.2) is 11.4 Å². The van der Waals surface area contributed by atoms with Crippen molar-refractivity contribution in [2.24, 2.45) is 0 Å². The quantitative estimate of drug-likeness (QED) is 0.0798. The predicted molar refractivity (Wildman–Crippen MR) is 218 cm³/mol. The summed E-state index contributed by atoms with van der Waals surface area (Å²) in [5.74, 6) is 0.817. The van der Waals surface area contributed by atoms with Gasteiger partial charge in [-0.3, -0.25) is 9.59 Å². The normalized spacial score (nSPS) is 12.0. The number of nitrogens with zero attached hydrogens (tertiary/aromatic N) is 1. The molecule has 3 amide bonds. The second-order valence-corrected chi connectivity index (χ2v) is 15.6. The van der Waals surface area contributed by atoms with Crippen molar-refractivity contribution in [2.45, 2.75) is 118 Å². The molecule has 1 heterocycles. The topological polar surface area (TPSA) is 155 Å².